The number of hydrogen-bond donors (Lipinski definition) is 2. The summed E-state index contributed by atoms with van der Waals surface area (Å²) in [6, 6.07) is 3.26. The lowest BCUT2D eigenvalue weighted by molar-refractivity contribution is -0.138. The molecule has 3 nitrogen and oxygen atoms in total. The first-order chi connectivity index (χ1) is 9.57. The van der Waals surface area contributed by atoms with Gasteiger partial charge in [0.05, 0.1) is 11.2 Å². The van der Waals surface area contributed by atoms with Crippen molar-refractivity contribution in [2.45, 2.75) is 38.5 Å². The molecule has 2 N–H and O–H groups in total. The van der Waals surface area contributed by atoms with Gasteiger partial charge >= 0.3 is 6.18 Å². The van der Waals surface area contributed by atoms with Crippen LogP contribution in [-0.2, 0) is 6.18 Å². The highest BCUT2D eigenvalue weighted by atomic mass is 79.9. The molecule has 0 aromatic heterocycles. The smallest absolute Gasteiger partial charge is 0.388 e. The number of rotatable bonds is 5. The fourth-order valence-corrected chi connectivity index (χ4v) is 2.35. The number of hydrogen-bond acceptors (Lipinski definition) is 2. The zero-order valence-corrected chi connectivity index (χ0v) is 13.3. The molecule has 1 amide bonds. The summed E-state index contributed by atoms with van der Waals surface area (Å²) < 4.78 is 38.2. The lowest BCUT2D eigenvalue weighted by Crippen LogP contribution is -2.40. The fourth-order valence-electron chi connectivity index (χ4n) is 1.88. The Bertz CT molecular complexity index is 515. The van der Waals surface area contributed by atoms with E-state index in [1.54, 1.807) is 6.92 Å². The molecular weight excluding hydrogens is 351 g/mol. The summed E-state index contributed by atoms with van der Waals surface area (Å²) in [5.74, 6) is -0.649. The van der Waals surface area contributed by atoms with Gasteiger partial charge in [-0.3, -0.25) is 4.79 Å². The van der Waals surface area contributed by atoms with Gasteiger partial charge in [-0.1, -0.05) is 29.3 Å². The van der Waals surface area contributed by atoms with Crippen molar-refractivity contribution in [2.75, 3.05) is 6.54 Å². The van der Waals surface area contributed by atoms with Gasteiger partial charge in [-0.2, -0.15) is 13.2 Å². The standard InChI is InChI=1S/C14H17BrF3NO2/c1-3-6-13(2,21)8-19-12(20)9-4-5-11(15)10(7-9)14(16,17)18/h4-5,7,21H,3,6,8H2,1-2H3,(H,19,20). The molecule has 1 aromatic rings. The predicted molar refractivity (Wildman–Crippen MR) is 77.0 cm³/mol. The summed E-state index contributed by atoms with van der Waals surface area (Å²) in [5.41, 5.74) is -2.08. The molecule has 1 rings (SSSR count). The van der Waals surface area contributed by atoms with Crippen molar-refractivity contribution in [3.8, 4) is 0 Å². The van der Waals surface area contributed by atoms with Gasteiger partial charge in [-0.15, -0.1) is 0 Å². The third-order valence-corrected chi connectivity index (χ3v) is 3.64. The van der Waals surface area contributed by atoms with Crippen LogP contribution in [0.1, 0.15) is 42.6 Å². The second-order valence-corrected chi connectivity index (χ2v) is 5.98. The van der Waals surface area contributed by atoms with Crippen LogP contribution in [0.3, 0.4) is 0 Å². The second kappa shape index (κ2) is 6.79. The summed E-state index contributed by atoms with van der Waals surface area (Å²) in [5, 5.41) is 12.4. The quantitative estimate of drug-likeness (QED) is 0.832. The maximum absolute atomic E-state index is 12.8. The minimum absolute atomic E-state index is 0.0168. The molecule has 0 aliphatic heterocycles. The molecule has 1 unspecified atom stereocenters. The normalized spacial score (nSPS) is 14.6. The van der Waals surface area contributed by atoms with Crippen LogP contribution in [0.4, 0.5) is 13.2 Å². The van der Waals surface area contributed by atoms with Crippen LogP contribution in [0.15, 0.2) is 22.7 Å². The topological polar surface area (TPSA) is 49.3 Å². The van der Waals surface area contributed by atoms with E-state index in [1.165, 1.54) is 12.1 Å². The SMILES string of the molecule is CCCC(C)(O)CNC(=O)c1ccc(Br)c(C(F)(F)F)c1. The van der Waals surface area contributed by atoms with E-state index in [0.29, 0.717) is 6.42 Å². The van der Waals surface area contributed by atoms with Crippen molar-refractivity contribution in [2.24, 2.45) is 0 Å². The summed E-state index contributed by atoms with van der Waals surface area (Å²) in [6.07, 6.45) is -3.32. The van der Waals surface area contributed by atoms with Gasteiger partial charge in [0.1, 0.15) is 0 Å². The van der Waals surface area contributed by atoms with Gasteiger partial charge in [0.15, 0.2) is 0 Å². The summed E-state index contributed by atoms with van der Waals surface area (Å²) in [7, 11) is 0. The zero-order chi connectivity index (χ0) is 16.3. The highest BCUT2D eigenvalue weighted by Crippen LogP contribution is 2.35. The van der Waals surface area contributed by atoms with E-state index in [2.05, 4.69) is 21.2 Å². The molecule has 0 saturated heterocycles. The Hall–Kier alpha value is -1.08. The van der Waals surface area contributed by atoms with E-state index < -0.39 is 23.2 Å². The number of halogens is 4. The molecule has 0 aliphatic rings. The maximum atomic E-state index is 12.8. The molecule has 1 atom stereocenters. The van der Waals surface area contributed by atoms with Gasteiger partial charge in [0, 0.05) is 16.6 Å². The number of alkyl halides is 3. The van der Waals surface area contributed by atoms with E-state index in [9.17, 15) is 23.1 Å². The van der Waals surface area contributed by atoms with Crippen molar-refractivity contribution in [3.05, 3.63) is 33.8 Å². The fraction of sp³-hybridized carbons (Fsp3) is 0.500. The van der Waals surface area contributed by atoms with Crippen LogP contribution in [0.25, 0.3) is 0 Å². The third-order valence-electron chi connectivity index (χ3n) is 2.95. The molecule has 0 saturated carbocycles. The number of aliphatic hydroxyl groups is 1. The van der Waals surface area contributed by atoms with Crippen LogP contribution in [0.2, 0.25) is 0 Å². The van der Waals surface area contributed by atoms with Crippen LogP contribution in [0, 0.1) is 0 Å². The van der Waals surface area contributed by atoms with Crippen molar-refractivity contribution < 1.29 is 23.1 Å². The molecule has 0 bridgehead atoms. The maximum Gasteiger partial charge on any atom is 0.417 e. The average molecular weight is 368 g/mol. The molecule has 0 radical (unpaired) electrons. The lowest BCUT2D eigenvalue weighted by atomic mass is 10.0. The van der Waals surface area contributed by atoms with Crippen molar-refractivity contribution in [1.82, 2.24) is 5.32 Å². The minimum Gasteiger partial charge on any atom is -0.388 e. The monoisotopic (exact) mass is 367 g/mol. The number of carbonyl (C=O) groups excluding carboxylic acids is 1. The van der Waals surface area contributed by atoms with Crippen LogP contribution < -0.4 is 5.32 Å². The van der Waals surface area contributed by atoms with Gasteiger partial charge in [-0.05, 0) is 31.5 Å². The summed E-state index contributed by atoms with van der Waals surface area (Å²) >= 11 is 2.81. The molecule has 0 fully saturated rings. The van der Waals surface area contributed by atoms with E-state index in [4.69, 9.17) is 0 Å². The van der Waals surface area contributed by atoms with Crippen molar-refractivity contribution >= 4 is 21.8 Å². The Kier molecular flexibility index (Phi) is 5.81. The first kappa shape index (κ1) is 18.0. The molecule has 118 valence electrons. The van der Waals surface area contributed by atoms with Gasteiger partial charge < -0.3 is 10.4 Å². The minimum atomic E-state index is -4.54. The summed E-state index contributed by atoms with van der Waals surface area (Å²) in [4.78, 5) is 11.9. The van der Waals surface area contributed by atoms with Gasteiger partial charge in [0.25, 0.3) is 5.91 Å². The van der Waals surface area contributed by atoms with Gasteiger partial charge in [0.2, 0.25) is 0 Å². The predicted octanol–water partition coefficient (Wildman–Crippen LogP) is 3.75. The Morgan fingerprint density at radius 3 is 2.52 bits per heavy atom. The Labute approximate surface area is 129 Å². The van der Waals surface area contributed by atoms with Gasteiger partial charge in [-0.25, -0.2) is 0 Å². The first-order valence-corrected chi connectivity index (χ1v) is 7.23. The molecule has 21 heavy (non-hydrogen) atoms. The molecule has 7 heteroatoms. The molecular formula is C14H17BrF3NO2. The van der Waals surface area contributed by atoms with Crippen LogP contribution in [0.5, 0.6) is 0 Å². The average Bonchev–Trinajstić information content (AvgIpc) is 2.35. The Morgan fingerprint density at radius 1 is 1.38 bits per heavy atom. The van der Waals surface area contributed by atoms with Crippen LogP contribution >= 0.6 is 15.9 Å². The molecule has 0 heterocycles. The number of amides is 1. The second-order valence-electron chi connectivity index (χ2n) is 5.12. The Balaban J connectivity index is 2.85. The van der Waals surface area contributed by atoms with Crippen molar-refractivity contribution in [1.29, 1.82) is 0 Å². The van der Waals surface area contributed by atoms with E-state index in [-0.39, 0.29) is 16.6 Å². The van der Waals surface area contributed by atoms with E-state index in [0.717, 1.165) is 12.5 Å². The third kappa shape index (κ3) is 5.32. The van der Waals surface area contributed by atoms with E-state index >= 15 is 0 Å². The number of nitrogens with one attached hydrogen (secondary N) is 1. The number of carbonyl (C=O) groups is 1. The lowest BCUT2D eigenvalue weighted by Gasteiger charge is -2.23. The Morgan fingerprint density at radius 2 is 2.00 bits per heavy atom. The highest BCUT2D eigenvalue weighted by Gasteiger charge is 2.33. The van der Waals surface area contributed by atoms with Crippen LogP contribution in [-0.4, -0.2) is 23.2 Å². The zero-order valence-electron chi connectivity index (χ0n) is 11.7. The first-order valence-electron chi connectivity index (χ1n) is 6.44. The van der Waals surface area contributed by atoms with Crippen molar-refractivity contribution in [3.63, 3.8) is 0 Å². The number of benzene rings is 1. The largest absolute Gasteiger partial charge is 0.417 e. The molecule has 1 aromatic carbocycles. The highest BCUT2D eigenvalue weighted by molar-refractivity contribution is 9.10. The van der Waals surface area contributed by atoms with E-state index in [1.807, 2.05) is 6.92 Å². The molecule has 0 aliphatic carbocycles. The molecule has 0 spiro atoms. The summed E-state index contributed by atoms with van der Waals surface area (Å²) in [6.45, 7) is 3.44.